The van der Waals surface area contributed by atoms with Crippen molar-refractivity contribution in [3.8, 4) is 0 Å². The maximum Gasteiger partial charge on any atom is 0.416 e. The van der Waals surface area contributed by atoms with E-state index in [1.165, 1.54) is 18.9 Å². The Kier molecular flexibility index (Phi) is 4.76. The molecule has 1 aliphatic carbocycles. The fraction of sp³-hybridized carbons (Fsp3) is 0.533. The van der Waals surface area contributed by atoms with Crippen molar-refractivity contribution in [3.05, 3.63) is 29.3 Å². The molecule has 0 radical (unpaired) electrons. The molecule has 0 aliphatic heterocycles. The van der Waals surface area contributed by atoms with Crippen LogP contribution in [0, 0.1) is 5.92 Å². The van der Waals surface area contributed by atoms with E-state index in [1.54, 1.807) is 0 Å². The molecule has 6 heteroatoms. The molecule has 0 saturated heterocycles. The average Bonchev–Trinajstić information content (AvgIpc) is 2.91. The third-order valence-corrected chi connectivity index (χ3v) is 4.32. The Morgan fingerprint density at radius 3 is 2.48 bits per heavy atom. The minimum atomic E-state index is -4.39. The van der Waals surface area contributed by atoms with Gasteiger partial charge in [0, 0.05) is 17.3 Å². The van der Waals surface area contributed by atoms with Crippen molar-refractivity contribution in [2.24, 2.45) is 11.7 Å². The van der Waals surface area contributed by atoms with Crippen LogP contribution in [0.2, 0.25) is 0 Å². The van der Waals surface area contributed by atoms with Crippen LogP contribution in [0.5, 0.6) is 0 Å². The Bertz CT molecular complexity index is 522. The van der Waals surface area contributed by atoms with E-state index >= 15 is 0 Å². The van der Waals surface area contributed by atoms with Gasteiger partial charge >= 0.3 is 6.18 Å². The fourth-order valence-corrected chi connectivity index (χ4v) is 3.04. The number of nitrogens with two attached hydrogens (primary N) is 1. The molecule has 3 N–H and O–H groups in total. The lowest BCUT2D eigenvalue weighted by Crippen LogP contribution is -2.26. The predicted octanol–water partition coefficient (Wildman–Crippen LogP) is 4.33. The lowest BCUT2D eigenvalue weighted by molar-refractivity contribution is -0.137. The van der Waals surface area contributed by atoms with E-state index in [1.807, 2.05) is 0 Å². The Morgan fingerprint density at radius 1 is 1.33 bits per heavy atom. The third kappa shape index (κ3) is 3.87. The van der Waals surface area contributed by atoms with Crippen LogP contribution in [-0.2, 0) is 6.18 Å². The summed E-state index contributed by atoms with van der Waals surface area (Å²) in [7, 11) is 0. The van der Waals surface area contributed by atoms with E-state index in [9.17, 15) is 13.2 Å². The first-order chi connectivity index (χ1) is 9.79. The van der Waals surface area contributed by atoms with E-state index in [0.29, 0.717) is 11.6 Å². The summed E-state index contributed by atoms with van der Waals surface area (Å²) < 4.78 is 38.3. The van der Waals surface area contributed by atoms with Crippen LogP contribution in [0.15, 0.2) is 18.2 Å². The maximum atomic E-state index is 12.8. The second-order valence-electron chi connectivity index (χ2n) is 5.60. The number of anilines is 1. The van der Waals surface area contributed by atoms with Crippen molar-refractivity contribution in [1.82, 2.24) is 0 Å². The van der Waals surface area contributed by atoms with Gasteiger partial charge in [-0.25, -0.2) is 0 Å². The van der Waals surface area contributed by atoms with Gasteiger partial charge in [0.05, 0.1) is 5.56 Å². The minimum Gasteiger partial charge on any atom is -0.389 e. The van der Waals surface area contributed by atoms with Crippen LogP contribution in [0.1, 0.15) is 43.7 Å². The summed E-state index contributed by atoms with van der Waals surface area (Å²) in [6.07, 6.45) is 0.335. The van der Waals surface area contributed by atoms with Crippen LogP contribution >= 0.6 is 12.2 Å². The predicted molar refractivity (Wildman–Crippen MR) is 82.4 cm³/mol. The molecule has 1 fully saturated rings. The maximum absolute atomic E-state index is 12.8. The third-order valence-electron chi connectivity index (χ3n) is 4.10. The van der Waals surface area contributed by atoms with Crippen molar-refractivity contribution < 1.29 is 13.2 Å². The summed E-state index contributed by atoms with van der Waals surface area (Å²) in [6.45, 7) is 2.05. The minimum absolute atomic E-state index is 0.0257. The zero-order valence-corrected chi connectivity index (χ0v) is 12.7. The first-order valence-electron chi connectivity index (χ1n) is 7.06. The Hall–Kier alpha value is -1.30. The number of rotatable bonds is 4. The largest absolute Gasteiger partial charge is 0.416 e. The molecule has 21 heavy (non-hydrogen) atoms. The topological polar surface area (TPSA) is 38.0 Å². The molecule has 1 aromatic rings. The number of alkyl halides is 3. The second-order valence-corrected chi connectivity index (χ2v) is 6.04. The monoisotopic (exact) mass is 316 g/mol. The van der Waals surface area contributed by atoms with Gasteiger partial charge in [0.25, 0.3) is 0 Å². The summed E-state index contributed by atoms with van der Waals surface area (Å²) >= 11 is 4.89. The summed E-state index contributed by atoms with van der Waals surface area (Å²) in [5.74, 6) is 0.548. The summed E-state index contributed by atoms with van der Waals surface area (Å²) in [4.78, 5) is -0.0257. The number of hydrogen-bond donors (Lipinski definition) is 2. The highest BCUT2D eigenvalue weighted by molar-refractivity contribution is 7.80. The van der Waals surface area contributed by atoms with E-state index in [0.717, 1.165) is 25.0 Å². The van der Waals surface area contributed by atoms with Gasteiger partial charge in [-0.3, -0.25) is 0 Å². The molecule has 2 nitrogen and oxygen atoms in total. The van der Waals surface area contributed by atoms with Crippen LogP contribution in [0.4, 0.5) is 18.9 Å². The molecule has 2 rings (SSSR count). The molecule has 0 bridgehead atoms. The first-order valence-corrected chi connectivity index (χ1v) is 7.47. The number of hydrogen-bond acceptors (Lipinski definition) is 2. The second kappa shape index (κ2) is 6.22. The molecule has 116 valence electrons. The van der Waals surface area contributed by atoms with Crippen LogP contribution in [0.3, 0.4) is 0 Å². The first kappa shape index (κ1) is 16.1. The summed E-state index contributed by atoms with van der Waals surface area (Å²) in [6, 6.07) is 3.69. The Morgan fingerprint density at radius 2 is 1.95 bits per heavy atom. The van der Waals surface area contributed by atoms with Gasteiger partial charge in [0.15, 0.2) is 0 Å². The van der Waals surface area contributed by atoms with Crippen molar-refractivity contribution in [2.75, 3.05) is 5.32 Å². The van der Waals surface area contributed by atoms with Crippen molar-refractivity contribution in [3.63, 3.8) is 0 Å². The summed E-state index contributed by atoms with van der Waals surface area (Å²) in [5.41, 5.74) is 5.68. The van der Waals surface area contributed by atoms with Crippen LogP contribution in [0.25, 0.3) is 0 Å². The molecule has 0 spiro atoms. The van der Waals surface area contributed by atoms with Crippen molar-refractivity contribution in [1.29, 1.82) is 0 Å². The molecule has 0 amide bonds. The van der Waals surface area contributed by atoms with Crippen molar-refractivity contribution in [2.45, 2.75) is 44.8 Å². The zero-order chi connectivity index (χ0) is 15.6. The SMILES string of the molecule is CC(Nc1ccc(C(F)(F)F)cc1C(N)=S)C1CCCC1. The normalized spacial score (nSPS) is 17.7. The smallest absolute Gasteiger partial charge is 0.389 e. The Balaban J connectivity index is 2.24. The van der Waals surface area contributed by atoms with Gasteiger partial charge in [-0.1, -0.05) is 25.1 Å². The van der Waals surface area contributed by atoms with Gasteiger partial charge in [0.2, 0.25) is 0 Å². The molecule has 1 unspecified atom stereocenters. The number of halogens is 3. The number of benzene rings is 1. The van der Waals surface area contributed by atoms with Gasteiger partial charge in [0.1, 0.15) is 4.99 Å². The fourth-order valence-electron chi connectivity index (χ4n) is 2.87. The highest BCUT2D eigenvalue weighted by Gasteiger charge is 2.31. The molecule has 1 aliphatic rings. The Labute approximate surface area is 127 Å². The average molecular weight is 316 g/mol. The highest BCUT2D eigenvalue weighted by atomic mass is 32.1. The van der Waals surface area contributed by atoms with E-state index in [2.05, 4.69) is 12.2 Å². The molecular formula is C15H19F3N2S. The van der Waals surface area contributed by atoms with E-state index in [-0.39, 0.29) is 16.6 Å². The summed E-state index contributed by atoms with van der Waals surface area (Å²) in [5, 5.41) is 3.28. The lowest BCUT2D eigenvalue weighted by atomic mass is 9.98. The van der Waals surface area contributed by atoms with Crippen LogP contribution in [-0.4, -0.2) is 11.0 Å². The van der Waals surface area contributed by atoms with Gasteiger partial charge in [-0.05, 0) is 43.9 Å². The van der Waals surface area contributed by atoms with E-state index < -0.39 is 11.7 Å². The molecule has 1 atom stereocenters. The van der Waals surface area contributed by atoms with E-state index in [4.69, 9.17) is 18.0 Å². The molecule has 0 aromatic heterocycles. The number of thiocarbonyl (C=S) groups is 1. The molecular weight excluding hydrogens is 297 g/mol. The van der Waals surface area contributed by atoms with Gasteiger partial charge < -0.3 is 11.1 Å². The highest BCUT2D eigenvalue weighted by Crippen LogP contribution is 2.33. The molecule has 0 heterocycles. The molecule has 1 saturated carbocycles. The zero-order valence-electron chi connectivity index (χ0n) is 11.8. The van der Waals surface area contributed by atoms with Crippen molar-refractivity contribution >= 4 is 22.9 Å². The van der Waals surface area contributed by atoms with Gasteiger partial charge in [-0.2, -0.15) is 13.2 Å². The van der Waals surface area contributed by atoms with Gasteiger partial charge in [-0.15, -0.1) is 0 Å². The molecule has 1 aromatic carbocycles. The lowest BCUT2D eigenvalue weighted by Gasteiger charge is -2.23. The number of nitrogens with one attached hydrogen (secondary N) is 1. The quantitative estimate of drug-likeness (QED) is 0.812. The van der Waals surface area contributed by atoms with Crippen LogP contribution < -0.4 is 11.1 Å². The standard InChI is InChI=1S/C15H19F3N2S/c1-9(10-4-2-3-5-10)20-13-7-6-11(15(16,17)18)8-12(13)14(19)21/h6-10,20H,2-5H2,1H3,(H2,19,21).